The quantitative estimate of drug-likeness (QED) is 0.772. The van der Waals surface area contributed by atoms with Crippen LogP contribution in [0, 0.1) is 5.92 Å². The van der Waals surface area contributed by atoms with Crippen molar-refractivity contribution in [2.75, 3.05) is 7.05 Å². The van der Waals surface area contributed by atoms with Gasteiger partial charge in [0.15, 0.2) is 0 Å². The average molecular weight is 302 g/mol. The topological polar surface area (TPSA) is 41.1 Å². The van der Waals surface area contributed by atoms with Gasteiger partial charge in [-0.15, -0.1) is 0 Å². The molecule has 0 aromatic rings. The molecule has 0 aromatic carbocycles. The molecule has 0 spiro atoms. The zero-order valence-corrected chi connectivity index (χ0v) is 14.3. The van der Waals surface area contributed by atoms with Gasteiger partial charge in [-0.3, -0.25) is 4.79 Å². The first-order chi connectivity index (χ1) is 10.7. The van der Waals surface area contributed by atoms with Crippen molar-refractivity contribution < 1.29 is 4.79 Å². The van der Waals surface area contributed by atoms with Crippen molar-refractivity contribution in [2.24, 2.45) is 5.92 Å². The van der Waals surface area contributed by atoms with Crippen molar-refractivity contribution in [3.8, 4) is 0 Å². The number of nitrogens with one attached hydrogen (secondary N) is 2. The lowest BCUT2D eigenvalue weighted by Gasteiger charge is -2.27. The Morgan fingerprint density at radius 1 is 1.32 bits per heavy atom. The van der Waals surface area contributed by atoms with Gasteiger partial charge in [-0.25, -0.2) is 0 Å². The second-order valence-corrected chi connectivity index (χ2v) is 6.40. The third-order valence-corrected chi connectivity index (χ3v) is 4.83. The summed E-state index contributed by atoms with van der Waals surface area (Å²) in [7, 11) is 1.93. The molecular formula is C19H30N2O. The summed E-state index contributed by atoms with van der Waals surface area (Å²) in [5.74, 6) is 0.152. The highest BCUT2D eigenvalue weighted by Gasteiger charge is 2.21. The SMILES string of the molecule is CC/C(=C\CC(C)C(=O)NC1=CCCC2=C1CCCC2)NC. The molecule has 0 aliphatic heterocycles. The molecule has 1 unspecified atom stereocenters. The number of amides is 1. The second kappa shape index (κ2) is 8.21. The standard InChI is InChI=1S/C19H30N2O/c1-4-16(20-3)13-12-14(2)19(22)21-18-11-7-9-15-8-5-6-10-17(15)18/h11,13-14,20H,4-10,12H2,1-3H3,(H,21,22)/b16-13+. The molecule has 2 aliphatic rings. The first-order valence-corrected chi connectivity index (χ1v) is 8.74. The molecule has 3 nitrogen and oxygen atoms in total. The first kappa shape index (κ1) is 16.9. The minimum absolute atomic E-state index is 0.00497. The summed E-state index contributed by atoms with van der Waals surface area (Å²) in [6.07, 6.45) is 13.3. The molecule has 0 heterocycles. The molecule has 22 heavy (non-hydrogen) atoms. The number of rotatable bonds is 6. The van der Waals surface area contributed by atoms with Crippen LogP contribution < -0.4 is 10.6 Å². The molecule has 0 bridgehead atoms. The van der Waals surface area contributed by atoms with E-state index in [4.69, 9.17) is 0 Å². The molecule has 0 saturated heterocycles. The van der Waals surface area contributed by atoms with Gasteiger partial charge in [0.1, 0.15) is 0 Å². The zero-order valence-electron chi connectivity index (χ0n) is 14.3. The third-order valence-electron chi connectivity index (χ3n) is 4.83. The van der Waals surface area contributed by atoms with E-state index in [-0.39, 0.29) is 11.8 Å². The minimum Gasteiger partial charge on any atom is -0.392 e. The normalized spacial score (nSPS) is 20.1. The van der Waals surface area contributed by atoms with Crippen LogP contribution in [0.15, 0.2) is 34.7 Å². The zero-order chi connectivity index (χ0) is 15.9. The van der Waals surface area contributed by atoms with Crippen LogP contribution in [-0.2, 0) is 4.79 Å². The smallest absolute Gasteiger partial charge is 0.227 e. The van der Waals surface area contributed by atoms with E-state index in [1.54, 1.807) is 5.57 Å². The maximum Gasteiger partial charge on any atom is 0.227 e. The summed E-state index contributed by atoms with van der Waals surface area (Å²) in [6, 6.07) is 0. The van der Waals surface area contributed by atoms with Crippen LogP contribution in [0.3, 0.4) is 0 Å². The summed E-state index contributed by atoms with van der Waals surface area (Å²) in [5.41, 5.74) is 5.32. The van der Waals surface area contributed by atoms with E-state index < -0.39 is 0 Å². The molecule has 122 valence electrons. The van der Waals surface area contributed by atoms with Gasteiger partial charge < -0.3 is 10.6 Å². The van der Waals surface area contributed by atoms with Gasteiger partial charge in [-0.05, 0) is 56.9 Å². The number of carbonyl (C=O) groups is 1. The van der Waals surface area contributed by atoms with E-state index in [1.807, 2.05) is 14.0 Å². The van der Waals surface area contributed by atoms with Gasteiger partial charge in [0, 0.05) is 24.4 Å². The maximum absolute atomic E-state index is 12.5. The van der Waals surface area contributed by atoms with Crippen molar-refractivity contribution in [3.63, 3.8) is 0 Å². The van der Waals surface area contributed by atoms with Crippen LogP contribution >= 0.6 is 0 Å². The Labute approximate surface area is 134 Å². The Balaban J connectivity index is 1.95. The van der Waals surface area contributed by atoms with Gasteiger partial charge in [0.2, 0.25) is 5.91 Å². The largest absolute Gasteiger partial charge is 0.392 e. The molecule has 0 aromatic heterocycles. The Hall–Kier alpha value is -1.51. The molecule has 2 N–H and O–H groups in total. The molecule has 1 atom stereocenters. The van der Waals surface area contributed by atoms with Crippen molar-refractivity contribution in [1.82, 2.24) is 10.6 Å². The Morgan fingerprint density at radius 3 is 2.82 bits per heavy atom. The molecule has 0 saturated carbocycles. The second-order valence-electron chi connectivity index (χ2n) is 6.40. The highest BCUT2D eigenvalue weighted by atomic mass is 16.1. The Kier molecular flexibility index (Phi) is 6.29. The van der Waals surface area contributed by atoms with E-state index in [9.17, 15) is 4.79 Å². The molecule has 0 radical (unpaired) electrons. The van der Waals surface area contributed by atoms with E-state index in [2.05, 4.69) is 29.7 Å². The number of allylic oxidation sites excluding steroid dienone is 5. The van der Waals surface area contributed by atoms with Crippen molar-refractivity contribution in [1.29, 1.82) is 0 Å². The lowest BCUT2D eigenvalue weighted by Crippen LogP contribution is -2.30. The van der Waals surface area contributed by atoms with E-state index >= 15 is 0 Å². The fraction of sp³-hybridized carbons (Fsp3) is 0.632. The average Bonchev–Trinajstić information content (AvgIpc) is 2.56. The van der Waals surface area contributed by atoms with E-state index in [0.29, 0.717) is 0 Å². The van der Waals surface area contributed by atoms with Crippen molar-refractivity contribution in [2.45, 2.75) is 65.2 Å². The number of hydrogen-bond donors (Lipinski definition) is 2. The van der Waals surface area contributed by atoms with Crippen molar-refractivity contribution >= 4 is 5.91 Å². The molecule has 0 fully saturated rings. The van der Waals surface area contributed by atoms with E-state index in [0.717, 1.165) is 31.4 Å². The molecule has 1 amide bonds. The lowest BCUT2D eigenvalue weighted by atomic mass is 9.84. The third kappa shape index (κ3) is 4.25. The van der Waals surface area contributed by atoms with Crippen LogP contribution in [0.2, 0.25) is 0 Å². The van der Waals surface area contributed by atoms with Gasteiger partial charge in [0.05, 0.1) is 0 Å². The summed E-state index contributed by atoms with van der Waals surface area (Å²) in [5, 5.41) is 6.37. The van der Waals surface area contributed by atoms with Crippen LogP contribution in [0.25, 0.3) is 0 Å². The molecule has 2 rings (SSSR count). The highest BCUT2D eigenvalue weighted by molar-refractivity contribution is 5.81. The summed E-state index contributed by atoms with van der Waals surface area (Å²) >= 11 is 0. The van der Waals surface area contributed by atoms with Crippen LogP contribution in [-0.4, -0.2) is 13.0 Å². The monoisotopic (exact) mass is 302 g/mol. The van der Waals surface area contributed by atoms with E-state index in [1.165, 1.54) is 37.0 Å². The number of hydrogen-bond acceptors (Lipinski definition) is 2. The van der Waals surface area contributed by atoms with Crippen LogP contribution in [0.1, 0.15) is 65.2 Å². The van der Waals surface area contributed by atoms with Gasteiger partial charge in [-0.1, -0.05) is 31.6 Å². The summed E-state index contributed by atoms with van der Waals surface area (Å²) < 4.78 is 0. The minimum atomic E-state index is 0.00497. The fourth-order valence-electron chi connectivity index (χ4n) is 3.31. The molecular weight excluding hydrogens is 272 g/mol. The predicted molar refractivity (Wildman–Crippen MR) is 92.2 cm³/mol. The van der Waals surface area contributed by atoms with Crippen LogP contribution in [0.4, 0.5) is 0 Å². The highest BCUT2D eigenvalue weighted by Crippen LogP contribution is 2.35. The van der Waals surface area contributed by atoms with Gasteiger partial charge in [-0.2, -0.15) is 0 Å². The van der Waals surface area contributed by atoms with Crippen molar-refractivity contribution in [3.05, 3.63) is 34.7 Å². The van der Waals surface area contributed by atoms with Crippen LogP contribution in [0.5, 0.6) is 0 Å². The Morgan fingerprint density at radius 2 is 2.09 bits per heavy atom. The Bertz CT molecular complexity index is 494. The predicted octanol–water partition coefficient (Wildman–Crippen LogP) is 4.19. The fourth-order valence-corrected chi connectivity index (χ4v) is 3.31. The maximum atomic E-state index is 12.5. The first-order valence-electron chi connectivity index (χ1n) is 8.74. The summed E-state index contributed by atoms with van der Waals surface area (Å²) in [4.78, 5) is 12.5. The lowest BCUT2D eigenvalue weighted by molar-refractivity contribution is -0.123. The van der Waals surface area contributed by atoms with Gasteiger partial charge in [0.25, 0.3) is 0 Å². The number of carbonyl (C=O) groups excluding carboxylic acids is 1. The molecule has 3 heteroatoms. The van der Waals surface area contributed by atoms with Gasteiger partial charge >= 0.3 is 0 Å². The molecule has 2 aliphatic carbocycles. The summed E-state index contributed by atoms with van der Waals surface area (Å²) in [6.45, 7) is 4.13.